The number of carbonyl (C=O) groups is 1. The monoisotopic (exact) mass is 202 g/mol. The molecule has 14 heavy (non-hydrogen) atoms. The molecule has 1 aliphatic heterocycles. The lowest BCUT2D eigenvalue weighted by Crippen LogP contribution is -2.45. The van der Waals surface area contributed by atoms with E-state index in [2.05, 4.69) is 5.32 Å². The third-order valence-corrected chi connectivity index (χ3v) is 2.41. The fourth-order valence-electron chi connectivity index (χ4n) is 1.69. The van der Waals surface area contributed by atoms with Crippen molar-refractivity contribution in [3.63, 3.8) is 0 Å². The van der Waals surface area contributed by atoms with Gasteiger partial charge in [-0.25, -0.2) is 0 Å². The van der Waals surface area contributed by atoms with Crippen LogP contribution < -0.4 is 5.32 Å². The number of hydrogen-bond donors (Lipinski definition) is 3. The standard InChI is InChI=1S/C9H18N2O3/c12-6-4-11(5-7-13)9(14)8-2-1-3-10-8/h8,10,12-13H,1-7H2/t8-/m1/s1. The topological polar surface area (TPSA) is 72.8 Å². The van der Waals surface area contributed by atoms with E-state index in [0.29, 0.717) is 13.1 Å². The highest BCUT2D eigenvalue weighted by Crippen LogP contribution is 2.08. The molecule has 0 aromatic carbocycles. The van der Waals surface area contributed by atoms with Crippen molar-refractivity contribution in [2.24, 2.45) is 0 Å². The summed E-state index contributed by atoms with van der Waals surface area (Å²) in [4.78, 5) is 13.3. The van der Waals surface area contributed by atoms with Crippen LogP contribution in [0, 0.1) is 0 Å². The van der Waals surface area contributed by atoms with E-state index in [1.807, 2.05) is 0 Å². The smallest absolute Gasteiger partial charge is 0.239 e. The van der Waals surface area contributed by atoms with Crippen LogP contribution >= 0.6 is 0 Å². The molecule has 82 valence electrons. The number of nitrogens with zero attached hydrogens (tertiary/aromatic N) is 1. The van der Waals surface area contributed by atoms with E-state index in [4.69, 9.17) is 10.2 Å². The molecule has 0 radical (unpaired) electrons. The van der Waals surface area contributed by atoms with Gasteiger partial charge in [0.2, 0.25) is 5.91 Å². The Morgan fingerprint density at radius 1 is 1.36 bits per heavy atom. The van der Waals surface area contributed by atoms with Crippen molar-refractivity contribution in [2.45, 2.75) is 18.9 Å². The molecular formula is C9H18N2O3. The number of aliphatic hydroxyl groups is 2. The summed E-state index contributed by atoms with van der Waals surface area (Å²) in [5.74, 6) is -0.00870. The molecule has 1 saturated heterocycles. The van der Waals surface area contributed by atoms with Gasteiger partial charge in [0.25, 0.3) is 0 Å². The summed E-state index contributed by atoms with van der Waals surface area (Å²) in [6.07, 6.45) is 1.87. The van der Waals surface area contributed by atoms with E-state index < -0.39 is 0 Å². The van der Waals surface area contributed by atoms with Crippen LogP contribution in [-0.2, 0) is 4.79 Å². The molecule has 1 aliphatic rings. The van der Waals surface area contributed by atoms with Crippen LogP contribution in [0.3, 0.4) is 0 Å². The summed E-state index contributed by atoms with van der Waals surface area (Å²) in [6, 6.07) is -0.118. The van der Waals surface area contributed by atoms with Crippen molar-refractivity contribution in [2.75, 3.05) is 32.8 Å². The lowest BCUT2D eigenvalue weighted by Gasteiger charge is -2.23. The Morgan fingerprint density at radius 2 is 2.00 bits per heavy atom. The lowest BCUT2D eigenvalue weighted by atomic mass is 10.2. The van der Waals surface area contributed by atoms with Crippen LogP contribution in [0.4, 0.5) is 0 Å². The van der Waals surface area contributed by atoms with Gasteiger partial charge < -0.3 is 20.4 Å². The predicted molar refractivity (Wildman–Crippen MR) is 51.8 cm³/mol. The molecule has 0 bridgehead atoms. The van der Waals surface area contributed by atoms with E-state index in [1.165, 1.54) is 4.90 Å². The van der Waals surface area contributed by atoms with Crippen LogP contribution in [0.15, 0.2) is 0 Å². The molecule has 1 rings (SSSR count). The quantitative estimate of drug-likeness (QED) is 0.510. The first-order valence-electron chi connectivity index (χ1n) is 5.03. The molecule has 0 unspecified atom stereocenters. The average molecular weight is 202 g/mol. The molecule has 5 nitrogen and oxygen atoms in total. The van der Waals surface area contributed by atoms with E-state index in [9.17, 15) is 4.79 Å². The highest BCUT2D eigenvalue weighted by molar-refractivity contribution is 5.82. The minimum absolute atomic E-state index is 0.00870. The summed E-state index contributed by atoms with van der Waals surface area (Å²) in [5, 5.41) is 20.6. The Bertz CT molecular complexity index is 175. The minimum Gasteiger partial charge on any atom is -0.395 e. The maximum absolute atomic E-state index is 11.8. The number of amides is 1. The van der Waals surface area contributed by atoms with E-state index in [-0.39, 0.29) is 25.2 Å². The number of aliphatic hydroxyl groups excluding tert-OH is 2. The normalized spacial score (nSPS) is 21.1. The number of carbonyl (C=O) groups excluding carboxylic acids is 1. The number of rotatable bonds is 5. The second-order valence-electron chi connectivity index (χ2n) is 3.42. The number of nitrogens with one attached hydrogen (secondary N) is 1. The molecule has 1 heterocycles. The zero-order valence-corrected chi connectivity index (χ0v) is 8.28. The van der Waals surface area contributed by atoms with Crippen LogP contribution in [0.1, 0.15) is 12.8 Å². The Labute approximate surface area is 83.7 Å². The molecule has 0 spiro atoms. The zero-order valence-electron chi connectivity index (χ0n) is 8.28. The number of hydrogen-bond acceptors (Lipinski definition) is 4. The zero-order chi connectivity index (χ0) is 10.4. The van der Waals surface area contributed by atoms with Crippen molar-refractivity contribution < 1.29 is 15.0 Å². The summed E-state index contributed by atoms with van der Waals surface area (Å²) < 4.78 is 0. The first-order valence-corrected chi connectivity index (χ1v) is 5.03. The van der Waals surface area contributed by atoms with Gasteiger partial charge in [-0.1, -0.05) is 0 Å². The Morgan fingerprint density at radius 3 is 2.43 bits per heavy atom. The first kappa shape index (κ1) is 11.4. The molecule has 0 saturated carbocycles. The minimum atomic E-state index is -0.118. The van der Waals surface area contributed by atoms with Gasteiger partial charge in [0, 0.05) is 13.1 Å². The maximum atomic E-state index is 11.8. The predicted octanol–water partition coefficient (Wildman–Crippen LogP) is -1.45. The van der Waals surface area contributed by atoms with Crippen molar-refractivity contribution in [3.8, 4) is 0 Å². The molecule has 5 heteroatoms. The summed E-state index contributed by atoms with van der Waals surface area (Å²) in [6.45, 7) is 1.37. The van der Waals surface area contributed by atoms with Crippen LogP contribution in [0.25, 0.3) is 0 Å². The van der Waals surface area contributed by atoms with Crippen molar-refractivity contribution in [1.82, 2.24) is 10.2 Å². The second kappa shape index (κ2) is 5.95. The van der Waals surface area contributed by atoms with E-state index in [1.54, 1.807) is 0 Å². The van der Waals surface area contributed by atoms with Crippen molar-refractivity contribution in [3.05, 3.63) is 0 Å². The fourth-order valence-corrected chi connectivity index (χ4v) is 1.69. The Kier molecular flexibility index (Phi) is 4.86. The summed E-state index contributed by atoms with van der Waals surface area (Å²) in [7, 11) is 0. The molecule has 0 aliphatic carbocycles. The molecule has 1 atom stereocenters. The molecule has 1 fully saturated rings. The average Bonchev–Trinajstić information content (AvgIpc) is 2.69. The largest absolute Gasteiger partial charge is 0.395 e. The van der Waals surface area contributed by atoms with Gasteiger partial charge >= 0.3 is 0 Å². The molecule has 0 aromatic heterocycles. The van der Waals surface area contributed by atoms with Gasteiger partial charge in [-0.15, -0.1) is 0 Å². The van der Waals surface area contributed by atoms with Gasteiger partial charge in [-0.3, -0.25) is 4.79 Å². The van der Waals surface area contributed by atoms with Crippen molar-refractivity contribution in [1.29, 1.82) is 0 Å². The SMILES string of the molecule is O=C([C@H]1CCCN1)N(CCO)CCO. The van der Waals surface area contributed by atoms with E-state index >= 15 is 0 Å². The molecular weight excluding hydrogens is 184 g/mol. The highest BCUT2D eigenvalue weighted by atomic mass is 16.3. The van der Waals surface area contributed by atoms with E-state index in [0.717, 1.165) is 19.4 Å². The fraction of sp³-hybridized carbons (Fsp3) is 0.889. The third-order valence-electron chi connectivity index (χ3n) is 2.41. The lowest BCUT2D eigenvalue weighted by molar-refractivity contribution is -0.134. The second-order valence-corrected chi connectivity index (χ2v) is 3.42. The summed E-state index contributed by atoms with van der Waals surface area (Å²) in [5.41, 5.74) is 0. The van der Waals surface area contributed by atoms with Gasteiger partial charge in [0.1, 0.15) is 0 Å². The van der Waals surface area contributed by atoms with Crippen LogP contribution in [0.5, 0.6) is 0 Å². The Balaban J connectivity index is 2.43. The maximum Gasteiger partial charge on any atom is 0.239 e. The molecule has 3 N–H and O–H groups in total. The molecule has 0 aromatic rings. The highest BCUT2D eigenvalue weighted by Gasteiger charge is 2.25. The summed E-state index contributed by atoms with van der Waals surface area (Å²) >= 11 is 0. The molecule has 1 amide bonds. The van der Waals surface area contributed by atoms with Gasteiger partial charge in [0.05, 0.1) is 19.3 Å². The van der Waals surface area contributed by atoms with Gasteiger partial charge in [0.15, 0.2) is 0 Å². The van der Waals surface area contributed by atoms with Gasteiger partial charge in [-0.2, -0.15) is 0 Å². The first-order chi connectivity index (χ1) is 6.79. The van der Waals surface area contributed by atoms with Gasteiger partial charge in [-0.05, 0) is 19.4 Å². The van der Waals surface area contributed by atoms with Crippen molar-refractivity contribution >= 4 is 5.91 Å². The van der Waals surface area contributed by atoms with Crippen LogP contribution in [-0.4, -0.2) is 59.9 Å². The Hall–Kier alpha value is -0.650. The third kappa shape index (κ3) is 2.94. The van der Waals surface area contributed by atoms with Crippen LogP contribution in [0.2, 0.25) is 0 Å².